The first-order valence-corrected chi connectivity index (χ1v) is 6.59. The Morgan fingerprint density at radius 1 is 1.53 bits per heavy atom. The maximum Gasteiger partial charge on any atom is 0.217 e. The van der Waals surface area contributed by atoms with Crippen molar-refractivity contribution in [3.63, 3.8) is 0 Å². The molecule has 1 atom stereocenters. The average Bonchev–Trinajstić information content (AvgIpc) is 2.38. The predicted octanol–water partition coefficient (Wildman–Crippen LogP) is 2.83. The molecule has 17 heavy (non-hydrogen) atoms. The van der Waals surface area contributed by atoms with E-state index in [9.17, 15) is 0 Å². The first-order chi connectivity index (χ1) is 8.31. The normalized spacial score (nSPS) is 12.4. The first kappa shape index (κ1) is 14.3. The molecule has 1 unspecified atom stereocenters. The van der Waals surface area contributed by atoms with E-state index < -0.39 is 0 Å². The van der Waals surface area contributed by atoms with E-state index in [-0.39, 0.29) is 0 Å². The lowest BCUT2D eigenvalue weighted by atomic mass is 10.0. The van der Waals surface area contributed by atoms with Gasteiger partial charge in [0, 0.05) is 24.2 Å². The highest BCUT2D eigenvalue weighted by molar-refractivity contribution is 6.17. The Kier molecular flexibility index (Phi) is 6.97. The Morgan fingerprint density at radius 2 is 2.35 bits per heavy atom. The molecule has 0 aliphatic heterocycles. The molecule has 1 aromatic rings. The van der Waals surface area contributed by atoms with Gasteiger partial charge in [0.25, 0.3) is 0 Å². The third-order valence-corrected chi connectivity index (χ3v) is 3.10. The average molecular weight is 257 g/mol. The van der Waals surface area contributed by atoms with Crippen molar-refractivity contribution in [2.75, 3.05) is 19.5 Å². The van der Waals surface area contributed by atoms with Crippen LogP contribution < -0.4 is 10.1 Å². The second-order valence-electron chi connectivity index (χ2n) is 4.05. The number of alkyl halides is 1. The molecule has 0 fully saturated rings. The molecule has 1 aromatic heterocycles. The van der Waals surface area contributed by atoms with Crippen LogP contribution in [-0.2, 0) is 6.54 Å². The van der Waals surface area contributed by atoms with Gasteiger partial charge in [-0.15, -0.1) is 11.6 Å². The van der Waals surface area contributed by atoms with Gasteiger partial charge in [-0.25, -0.2) is 4.98 Å². The molecule has 0 spiro atoms. The molecule has 0 aliphatic rings. The van der Waals surface area contributed by atoms with Gasteiger partial charge in [-0.05, 0) is 24.9 Å². The highest BCUT2D eigenvalue weighted by atomic mass is 35.5. The van der Waals surface area contributed by atoms with Gasteiger partial charge in [0.15, 0.2) is 0 Å². The number of nitrogens with zero attached hydrogens (tertiary/aromatic N) is 1. The van der Waals surface area contributed by atoms with Crippen molar-refractivity contribution in [3.05, 3.63) is 23.9 Å². The Bertz CT molecular complexity index is 320. The van der Waals surface area contributed by atoms with Crippen LogP contribution in [0.4, 0.5) is 0 Å². The summed E-state index contributed by atoms with van der Waals surface area (Å²) in [6, 6.07) is 3.96. The van der Waals surface area contributed by atoms with Gasteiger partial charge in [-0.2, -0.15) is 0 Å². The number of aromatic nitrogens is 1. The van der Waals surface area contributed by atoms with E-state index in [1.54, 1.807) is 13.3 Å². The van der Waals surface area contributed by atoms with Gasteiger partial charge >= 0.3 is 0 Å². The number of hydrogen-bond donors (Lipinski definition) is 1. The van der Waals surface area contributed by atoms with Crippen molar-refractivity contribution in [1.82, 2.24) is 10.3 Å². The number of ether oxygens (including phenoxy) is 1. The summed E-state index contributed by atoms with van der Waals surface area (Å²) >= 11 is 5.76. The van der Waals surface area contributed by atoms with Crippen molar-refractivity contribution in [1.29, 1.82) is 0 Å². The van der Waals surface area contributed by atoms with Crippen LogP contribution in [0.15, 0.2) is 18.3 Å². The predicted molar refractivity (Wildman–Crippen MR) is 71.6 cm³/mol. The fourth-order valence-corrected chi connectivity index (χ4v) is 2.07. The molecule has 0 saturated carbocycles. The number of halogens is 1. The zero-order valence-corrected chi connectivity index (χ0v) is 11.3. The molecule has 1 rings (SSSR count). The van der Waals surface area contributed by atoms with E-state index in [1.807, 2.05) is 12.1 Å². The lowest BCUT2D eigenvalue weighted by Gasteiger charge is -2.14. The van der Waals surface area contributed by atoms with Crippen LogP contribution in [0.3, 0.4) is 0 Å². The molecule has 1 heterocycles. The van der Waals surface area contributed by atoms with Crippen molar-refractivity contribution in [2.45, 2.75) is 26.3 Å². The third kappa shape index (κ3) is 4.92. The quantitative estimate of drug-likeness (QED) is 0.727. The summed E-state index contributed by atoms with van der Waals surface area (Å²) in [4.78, 5) is 4.17. The third-order valence-electron chi connectivity index (χ3n) is 2.89. The van der Waals surface area contributed by atoms with Crippen molar-refractivity contribution in [3.8, 4) is 5.88 Å². The zero-order valence-electron chi connectivity index (χ0n) is 10.6. The number of hydrogen-bond acceptors (Lipinski definition) is 3. The first-order valence-electron chi connectivity index (χ1n) is 6.06. The molecule has 96 valence electrons. The molecule has 1 N–H and O–H groups in total. The van der Waals surface area contributed by atoms with Crippen molar-refractivity contribution < 1.29 is 4.74 Å². The number of methoxy groups -OCH3 is 1. The minimum atomic E-state index is 0.648. The number of pyridine rings is 1. The molecule has 0 aliphatic carbocycles. The monoisotopic (exact) mass is 256 g/mol. The summed E-state index contributed by atoms with van der Waals surface area (Å²) in [6.45, 7) is 3.97. The van der Waals surface area contributed by atoms with Crippen LogP contribution >= 0.6 is 11.6 Å². The molecule has 0 amide bonds. The number of rotatable bonds is 8. The van der Waals surface area contributed by atoms with Gasteiger partial charge in [-0.1, -0.05) is 19.4 Å². The smallest absolute Gasteiger partial charge is 0.217 e. The molecule has 3 nitrogen and oxygen atoms in total. The lowest BCUT2D eigenvalue weighted by Crippen LogP contribution is -2.22. The molecule has 0 bridgehead atoms. The van der Waals surface area contributed by atoms with Crippen LogP contribution in [0.1, 0.15) is 25.3 Å². The van der Waals surface area contributed by atoms with E-state index in [4.69, 9.17) is 16.3 Å². The summed E-state index contributed by atoms with van der Waals surface area (Å²) in [7, 11) is 1.65. The minimum absolute atomic E-state index is 0.648. The number of nitrogens with one attached hydrogen (secondary N) is 1. The van der Waals surface area contributed by atoms with E-state index in [0.29, 0.717) is 11.8 Å². The van der Waals surface area contributed by atoms with Gasteiger partial charge in [0.2, 0.25) is 5.88 Å². The van der Waals surface area contributed by atoms with E-state index in [1.165, 1.54) is 0 Å². The topological polar surface area (TPSA) is 34.2 Å². The Morgan fingerprint density at radius 3 is 3.00 bits per heavy atom. The van der Waals surface area contributed by atoms with Gasteiger partial charge in [-0.3, -0.25) is 0 Å². The Balaban J connectivity index is 2.39. The maximum absolute atomic E-state index is 5.76. The summed E-state index contributed by atoms with van der Waals surface area (Å²) in [5, 5.41) is 3.43. The van der Waals surface area contributed by atoms with Crippen LogP contribution in [0.2, 0.25) is 0 Å². The summed E-state index contributed by atoms with van der Waals surface area (Å²) in [5.74, 6) is 2.08. The SMILES string of the molecule is CCC(CCCl)CNCc1cccnc1OC. The van der Waals surface area contributed by atoms with Crippen molar-refractivity contribution in [2.24, 2.45) is 5.92 Å². The second-order valence-corrected chi connectivity index (χ2v) is 4.43. The standard InChI is InChI=1S/C13H21ClN2O/c1-3-11(6-7-14)9-15-10-12-5-4-8-16-13(12)17-2/h4-5,8,11,15H,3,6-7,9-10H2,1-2H3. The Hall–Kier alpha value is -0.800. The summed E-state index contributed by atoms with van der Waals surface area (Å²) < 4.78 is 5.20. The lowest BCUT2D eigenvalue weighted by molar-refractivity contribution is 0.387. The van der Waals surface area contributed by atoms with E-state index in [2.05, 4.69) is 17.2 Å². The molecule has 0 saturated heterocycles. The zero-order chi connectivity index (χ0) is 12.5. The molecular weight excluding hydrogens is 236 g/mol. The molecule has 0 radical (unpaired) electrons. The Labute approximate surface area is 109 Å². The second kappa shape index (κ2) is 8.31. The van der Waals surface area contributed by atoms with E-state index in [0.717, 1.165) is 37.4 Å². The highest BCUT2D eigenvalue weighted by Gasteiger charge is 2.06. The highest BCUT2D eigenvalue weighted by Crippen LogP contribution is 2.13. The summed E-state index contributed by atoms with van der Waals surface area (Å²) in [6.07, 6.45) is 3.96. The molecule has 4 heteroatoms. The minimum Gasteiger partial charge on any atom is -0.481 e. The van der Waals surface area contributed by atoms with Crippen LogP contribution in [0.25, 0.3) is 0 Å². The van der Waals surface area contributed by atoms with Gasteiger partial charge in [0.1, 0.15) is 0 Å². The largest absolute Gasteiger partial charge is 0.481 e. The van der Waals surface area contributed by atoms with Gasteiger partial charge < -0.3 is 10.1 Å². The summed E-state index contributed by atoms with van der Waals surface area (Å²) in [5.41, 5.74) is 1.09. The fourth-order valence-electron chi connectivity index (χ4n) is 1.76. The fraction of sp³-hybridized carbons (Fsp3) is 0.615. The van der Waals surface area contributed by atoms with Crippen LogP contribution in [0, 0.1) is 5.92 Å². The van der Waals surface area contributed by atoms with E-state index >= 15 is 0 Å². The maximum atomic E-state index is 5.76. The van der Waals surface area contributed by atoms with Gasteiger partial charge in [0.05, 0.1) is 7.11 Å². The molecular formula is C13H21ClN2O. The van der Waals surface area contributed by atoms with Crippen LogP contribution in [0.5, 0.6) is 5.88 Å². The van der Waals surface area contributed by atoms with Crippen molar-refractivity contribution >= 4 is 11.6 Å². The molecule has 0 aromatic carbocycles. The van der Waals surface area contributed by atoms with Crippen LogP contribution in [-0.4, -0.2) is 24.5 Å².